The fourth-order valence-electron chi connectivity index (χ4n) is 4.28. The maximum absolute atomic E-state index is 11.4. The Morgan fingerprint density at radius 2 is 0.974 bits per heavy atom. The summed E-state index contributed by atoms with van der Waals surface area (Å²) in [6, 6.07) is 0. The summed E-state index contributed by atoms with van der Waals surface area (Å²) in [5, 5.41) is 47.0. The molecule has 15 heteroatoms. The number of carboxylic acids is 4. The monoisotopic (exact) mass is 564 g/mol. The van der Waals surface area contributed by atoms with Crippen molar-refractivity contribution < 1.29 is 54.2 Å². The molecule has 0 spiro atoms. The maximum atomic E-state index is 11.4. The number of ether oxygens (including phenoxy) is 2. The van der Waals surface area contributed by atoms with Gasteiger partial charge in [0.1, 0.15) is 6.61 Å². The van der Waals surface area contributed by atoms with Gasteiger partial charge in [0.25, 0.3) is 0 Å². The maximum Gasteiger partial charge on any atom is 0.329 e. The molecule has 15 nitrogen and oxygen atoms in total. The van der Waals surface area contributed by atoms with Crippen molar-refractivity contribution in [3.05, 3.63) is 0 Å². The molecular formula is C24H44N4O11. The third-order valence-corrected chi connectivity index (χ3v) is 6.07. The van der Waals surface area contributed by atoms with Crippen molar-refractivity contribution >= 4 is 23.9 Å². The topological polar surface area (TPSA) is 201 Å². The number of nitrogens with zero attached hydrogens (tertiary/aromatic N) is 4. The Hall–Kier alpha value is -2.40. The molecule has 1 heterocycles. The zero-order valence-electron chi connectivity index (χ0n) is 22.5. The highest BCUT2D eigenvalue weighted by Crippen LogP contribution is 2.05. The van der Waals surface area contributed by atoms with Gasteiger partial charge in [-0.05, 0) is 38.9 Å². The van der Waals surface area contributed by atoms with Crippen molar-refractivity contribution in [3.63, 3.8) is 0 Å². The first-order valence-electron chi connectivity index (χ1n) is 13.1. The average molecular weight is 565 g/mol. The van der Waals surface area contributed by atoms with Gasteiger partial charge in [-0.1, -0.05) is 0 Å². The Labute approximate surface area is 228 Å². The van der Waals surface area contributed by atoms with Gasteiger partial charge < -0.3 is 35.0 Å². The highest BCUT2D eigenvalue weighted by atomic mass is 16.5. The SMILES string of the molecule is O=C(O)COCCOCC(O)CN1CCCN(CC(=O)O)CCN(CC(=O)O)CCCCN(CC(=O)O)CC1. The molecule has 39 heavy (non-hydrogen) atoms. The van der Waals surface area contributed by atoms with Gasteiger partial charge in [0, 0.05) is 39.3 Å². The summed E-state index contributed by atoms with van der Waals surface area (Å²) in [6.45, 7) is 3.30. The summed E-state index contributed by atoms with van der Waals surface area (Å²) >= 11 is 0. The van der Waals surface area contributed by atoms with Gasteiger partial charge in [0.15, 0.2) is 0 Å². The molecule has 0 radical (unpaired) electrons. The van der Waals surface area contributed by atoms with E-state index in [-0.39, 0.29) is 46.0 Å². The summed E-state index contributed by atoms with van der Waals surface area (Å²) in [6.07, 6.45) is 1.07. The molecule has 1 unspecified atom stereocenters. The molecule has 226 valence electrons. The Morgan fingerprint density at radius 1 is 0.564 bits per heavy atom. The Bertz CT molecular complexity index is 743. The lowest BCUT2D eigenvalue weighted by Crippen LogP contribution is -2.43. The number of β-amino-alcohol motifs (C(OH)–C–C–N with tert-alkyl or cyclic N) is 1. The number of hydrogen-bond acceptors (Lipinski definition) is 11. The van der Waals surface area contributed by atoms with Crippen LogP contribution in [0.5, 0.6) is 0 Å². The first-order chi connectivity index (χ1) is 18.5. The van der Waals surface area contributed by atoms with E-state index in [4.69, 9.17) is 14.6 Å². The zero-order chi connectivity index (χ0) is 29.0. The molecule has 1 fully saturated rings. The number of aliphatic hydroxyl groups is 1. The number of rotatable bonds is 15. The number of carbonyl (C=O) groups is 4. The van der Waals surface area contributed by atoms with Crippen LogP contribution in [0.1, 0.15) is 19.3 Å². The number of carboxylic acid groups (broad SMARTS) is 4. The molecule has 0 saturated carbocycles. The Morgan fingerprint density at radius 3 is 1.44 bits per heavy atom. The highest BCUT2D eigenvalue weighted by molar-refractivity contribution is 5.69. The van der Waals surface area contributed by atoms with E-state index in [9.17, 15) is 39.6 Å². The average Bonchev–Trinajstić information content (AvgIpc) is 2.83. The molecule has 0 aromatic heterocycles. The molecule has 1 aliphatic rings. The second-order valence-electron chi connectivity index (χ2n) is 9.55. The van der Waals surface area contributed by atoms with Crippen LogP contribution in [0.3, 0.4) is 0 Å². The minimum atomic E-state index is -1.08. The lowest BCUT2D eigenvalue weighted by Gasteiger charge is -2.29. The van der Waals surface area contributed by atoms with Gasteiger partial charge in [-0.15, -0.1) is 0 Å². The van der Waals surface area contributed by atoms with E-state index in [1.807, 2.05) is 9.80 Å². The third kappa shape index (κ3) is 19.3. The van der Waals surface area contributed by atoms with E-state index in [0.29, 0.717) is 71.6 Å². The van der Waals surface area contributed by atoms with Gasteiger partial charge in [-0.2, -0.15) is 0 Å². The fourth-order valence-corrected chi connectivity index (χ4v) is 4.28. The van der Waals surface area contributed by atoms with E-state index >= 15 is 0 Å². The Kier molecular flexibility index (Phi) is 18.2. The molecule has 5 N–H and O–H groups in total. The van der Waals surface area contributed by atoms with Crippen LogP contribution in [-0.2, 0) is 28.7 Å². The second-order valence-corrected chi connectivity index (χ2v) is 9.55. The fraction of sp³-hybridized carbons (Fsp3) is 0.833. The van der Waals surface area contributed by atoms with Crippen LogP contribution >= 0.6 is 0 Å². The molecule has 0 aromatic carbocycles. The summed E-state index contributed by atoms with van der Waals surface area (Å²) in [5.41, 5.74) is 0. The van der Waals surface area contributed by atoms with Crippen molar-refractivity contribution in [2.24, 2.45) is 0 Å². The van der Waals surface area contributed by atoms with Crippen LogP contribution in [0.2, 0.25) is 0 Å². The summed E-state index contributed by atoms with van der Waals surface area (Å²) < 4.78 is 10.3. The summed E-state index contributed by atoms with van der Waals surface area (Å²) in [5.74, 6) is -3.96. The van der Waals surface area contributed by atoms with E-state index < -0.39 is 36.6 Å². The van der Waals surface area contributed by atoms with Gasteiger partial charge in [-0.25, -0.2) is 4.79 Å². The lowest BCUT2D eigenvalue weighted by molar-refractivity contribution is -0.143. The summed E-state index contributed by atoms with van der Waals surface area (Å²) in [7, 11) is 0. The first kappa shape index (κ1) is 34.6. The largest absolute Gasteiger partial charge is 0.480 e. The molecule has 1 atom stereocenters. The van der Waals surface area contributed by atoms with Crippen LogP contribution < -0.4 is 0 Å². The minimum absolute atomic E-state index is 0.0102. The molecule has 0 aromatic rings. The van der Waals surface area contributed by atoms with E-state index in [1.54, 1.807) is 9.80 Å². The Balaban J connectivity index is 2.80. The van der Waals surface area contributed by atoms with E-state index in [0.717, 1.165) is 0 Å². The number of aliphatic hydroxyl groups excluding tert-OH is 1. The van der Waals surface area contributed by atoms with Crippen LogP contribution in [0.4, 0.5) is 0 Å². The van der Waals surface area contributed by atoms with E-state index in [2.05, 4.69) is 0 Å². The summed E-state index contributed by atoms with van der Waals surface area (Å²) in [4.78, 5) is 51.9. The predicted octanol–water partition coefficient (Wildman–Crippen LogP) is -1.89. The van der Waals surface area contributed by atoms with Gasteiger partial charge in [-0.3, -0.25) is 34.0 Å². The molecule has 1 aliphatic heterocycles. The molecular weight excluding hydrogens is 520 g/mol. The molecule has 1 saturated heterocycles. The van der Waals surface area contributed by atoms with Crippen molar-refractivity contribution in [2.75, 3.05) is 105 Å². The second kappa shape index (κ2) is 20.5. The van der Waals surface area contributed by atoms with Gasteiger partial charge >= 0.3 is 23.9 Å². The first-order valence-corrected chi connectivity index (χ1v) is 13.1. The predicted molar refractivity (Wildman–Crippen MR) is 138 cm³/mol. The van der Waals surface area contributed by atoms with Crippen molar-refractivity contribution in [2.45, 2.75) is 25.4 Å². The van der Waals surface area contributed by atoms with Crippen molar-refractivity contribution in [1.82, 2.24) is 19.6 Å². The number of hydrogen-bond donors (Lipinski definition) is 5. The highest BCUT2D eigenvalue weighted by Gasteiger charge is 2.19. The van der Waals surface area contributed by atoms with Crippen molar-refractivity contribution in [1.29, 1.82) is 0 Å². The van der Waals surface area contributed by atoms with Crippen LogP contribution in [0, 0.1) is 0 Å². The standard InChI is InChI=1S/C24H44N4O11/c29-20(18-38-12-13-39-19-24(36)37)14-25-6-3-7-28(17-23(34)35)11-10-27(16-22(32)33)5-2-1-4-26(9-8-25)15-21(30)31/h20,29H,1-19H2,(H,30,31)(H,32,33)(H,34,35)(H,36,37). The smallest absolute Gasteiger partial charge is 0.329 e. The minimum Gasteiger partial charge on any atom is -0.480 e. The van der Waals surface area contributed by atoms with Gasteiger partial charge in [0.05, 0.1) is 45.6 Å². The zero-order valence-corrected chi connectivity index (χ0v) is 22.5. The molecule has 0 bridgehead atoms. The normalized spacial score (nSPS) is 19.1. The lowest BCUT2D eigenvalue weighted by atomic mass is 10.2. The van der Waals surface area contributed by atoms with Crippen LogP contribution in [0.25, 0.3) is 0 Å². The molecule has 0 aliphatic carbocycles. The van der Waals surface area contributed by atoms with Crippen molar-refractivity contribution in [3.8, 4) is 0 Å². The molecule has 0 amide bonds. The molecule has 1 rings (SSSR count). The van der Waals surface area contributed by atoms with Crippen LogP contribution in [0.15, 0.2) is 0 Å². The third-order valence-electron chi connectivity index (χ3n) is 6.07. The van der Waals surface area contributed by atoms with Crippen LogP contribution in [-0.4, -0.2) is 180 Å². The van der Waals surface area contributed by atoms with E-state index in [1.165, 1.54) is 0 Å². The number of aliphatic carboxylic acids is 4. The van der Waals surface area contributed by atoms with Gasteiger partial charge in [0.2, 0.25) is 0 Å². The quantitative estimate of drug-likeness (QED) is 0.138.